The van der Waals surface area contributed by atoms with Crippen molar-refractivity contribution in [2.24, 2.45) is 10.7 Å². The fraction of sp³-hybridized carbons (Fsp3) is 0.533. The van der Waals surface area contributed by atoms with Crippen molar-refractivity contribution >= 4 is 22.9 Å². The molecule has 1 fully saturated rings. The van der Waals surface area contributed by atoms with Crippen LogP contribution in [0.4, 0.5) is 0 Å². The van der Waals surface area contributed by atoms with E-state index in [-0.39, 0.29) is 23.1 Å². The van der Waals surface area contributed by atoms with E-state index in [1.54, 1.807) is 0 Å². The van der Waals surface area contributed by atoms with Gasteiger partial charge in [0.2, 0.25) is 0 Å². The molecule has 0 bridgehead atoms. The first kappa shape index (κ1) is 17.0. The highest BCUT2D eigenvalue weighted by Crippen LogP contribution is 2.08. The van der Waals surface area contributed by atoms with E-state index < -0.39 is 0 Å². The summed E-state index contributed by atoms with van der Waals surface area (Å²) >= 11 is 0. The van der Waals surface area contributed by atoms with Gasteiger partial charge in [0.25, 0.3) is 0 Å². The van der Waals surface area contributed by atoms with Gasteiger partial charge in [-0.3, -0.25) is 4.99 Å². The summed E-state index contributed by atoms with van der Waals surface area (Å²) in [6.45, 7) is 7.33. The number of hydrogen-bond acceptors (Lipinski definition) is 2. The Bertz CT molecular complexity index is 450. The molecule has 1 atom stereocenters. The molecule has 1 unspecified atom stereocenters. The molecule has 0 amide bonds. The molecule has 2 rings (SSSR count). The molecule has 0 spiro atoms. The number of nitrogens with zero attached hydrogens (tertiary/aromatic N) is 2. The second-order valence-electron chi connectivity index (χ2n) is 5.04. The third-order valence-electron chi connectivity index (χ3n) is 3.48. The van der Waals surface area contributed by atoms with Gasteiger partial charge in [-0.25, -0.2) is 0 Å². The molecule has 1 aromatic rings. The number of guanidine groups is 1. The predicted molar refractivity (Wildman–Crippen MR) is 88.7 cm³/mol. The standard InChI is InChI=1S/C15H23N3O.BrH/c1-12-5-3-4-6-14(12)7-8-17-15(16)18-9-10-19-13(2)11-18;/h3-6,13H,7-11H2,1-2H3,(H2,16,17);1H. The van der Waals surface area contributed by atoms with Crippen LogP contribution in [0.1, 0.15) is 18.1 Å². The van der Waals surface area contributed by atoms with Crippen molar-refractivity contribution in [3.8, 4) is 0 Å². The zero-order chi connectivity index (χ0) is 13.7. The quantitative estimate of drug-likeness (QED) is 0.676. The first-order valence-electron chi connectivity index (χ1n) is 6.88. The SMILES string of the molecule is Br.Cc1ccccc1CCN=C(N)N1CCOC(C)C1. The van der Waals surface area contributed by atoms with E-state index in [0.29, 0.717) is 5.96 Å². The molecule has 1 heterocycles. The molecule has 1 aromatic carbocycles. The molecule has 1 saturated heterocycles. The van der Waals surface area contributed by atoms with Crippen molar-refractivity contribution in [2.75, 3.05) is 26.2 Å². The number of morpholine rings is 1. The van der Waals surface area contributed by atoms with Crippen LogP contribution in [-0.2, 0) is 11.2 Å². The van der Waals surface area contributed by atoms with Gasteiger partial charge in [0, 0.05) is 19.6 Å². The summed E-state index contributed by atoms with van der Waals surface area (Å²) in [6.07, 6.45) is 1.17. The Labute approximate surface area is 131 Å². The average molecular weight is 342 g/mol. The van der Waals surface area contributed by atoms with Gasteiger partial charge >= 0.3 is 0 Å². The van der Waals surface area contributed by atoms with Crippen molar-refractivity contribution in [1.29, 1.82) is 0 Å². The summed E-state index contributed by atoms with van der Waals surface area (Å²) in [6, 6.07) is 8.41. The molecule has 2 N–H and O–H groups in total. The second-order valence-corrected chi connectivity index (χ2v) is 5.04. The number of ether oxygens (including phenoxy) is 1. The van der Waals surface area contributed by atoms with E-state index in [2.05, 4.69) is 48.0 Å². The molecule has 4 nitrogen and oxygen atoms in total. The van der Waals surface area contributed by atoms with Crippen LogP contribution in [0.15, 0.2) is 29.3 Å². The zero-order valence-corrected chi connectivity index (χ0v) is 13.9. The number of aryl methyl sites for hydroxylation is 1. The van der Waals surface area contributed by atoms with E-state index in [1.165, 1.54) is 11.1 Å². The molecule has 112 valence electrons. The van der Waals surface area contributed by atoms with Crippen LogP contribution >= 0.6 is 17.0 Å². The Kier molecular flexibility index (Phi) is 7.02. The number of benzene rings is 1. The maximum atomic E-state index is 6.03. The fourth-order valence-corrected chi connectivity index (χ4v) is 2.31. The molecule has 1 aliphatic heterocycles. The first-order valence-corrected chi connectivity index (χ1v) is 6.88. The third-order valence-corrected chi connectivity index (χ3v) is 3.48. The lowest BCUT2D eigenvalue weighted by atomic mass is 10.1. The summed E-state index contributed by atoms with van der Waals surface area (Å²) in [7, 11) is 0. The highest BCUT2D eigenvalue weighted by atomic mass is 79.9. The lowest BCUT2D eigenvalue weighted by Crippen LogP contribution is -2.47. The number of aliphatic imine (C=N–C) groups is 1. The first-order chi connectivity index (χ1) is 9.16. The highest BCUT2D eigenvalue weighted by molar-refractivity contribution is 8.93. The van der Waals surface area contributed by atoms with Gasteiger partial charge in [-0.05, 0) is 31.4 Å². The van der Waals surface area contributed by atoms with Gasteiger partial charge in [-0.1, -0.05) is 24.3 Å². The molecular formula is C15H24BrN3O. The Morgan fingerprint density at radius 2 is 2.20 bits per heavy atom. The van der Waals surface area contributed by atoms with E-state index in [9.17, 15) is 0 Å². The average Bonchev–Trinajstić information content (AvgIpc) is 2.41. The molecule has 5 heteroatoms. The van der Waals surface area contributed by atoms with Crippen LogP contribution in [0.25, 0.3) is 0 Å². The molecule has 0 aromatic heterocycles. The van der Waals surface area contributed by atoms with E-state index in [1.807, 2.05) is 0 Å². The number of hydrogen-bond donors (Lipinski definition) is 1. The normalized spacial score (nSPS) is 19.6. The molecule has 20 heavy (non-hydrogen) atoms. The highest BCUT2D eigenvalue weighted by Gasteiger charge is 2.17. The van der Waals surface area contributed by atoms with E-state index in [4.69, 9.17) is 10.5 Å². The topological polar surface area (TPSA) is 50.8 Å². The van der Waals surface area contributed by atoms with Crippen LogP contribution in [0.3, 0.4) is 0 Å². The van der Waals surface area contributed by atoms with Gasteiger partial charge < -0.3 is 15.4 Å². The minimum absolute atomic E-state index is 0. The number of nitrogens with two attached hydrogens (primary N) is 1. The summed E-state index contributed by atoms with van der Waals surface area (Å²) in [5.41, 5.74) is 8.69. The maximum absolute atomic E-state index is 6.03. The van der Waals surface area contributed by atoms with Crippen LogP contribution in [-0.4, -0.2) is 43.2 Å². The Morgan fingerprint density at radius 1 is 1.45 bits per heavy atom. The van der Waals surface area contributed by atoms with Gasteiger partial charge in [0.05, 0.1) is 12.7 Å². The fourth-order valence-electron chi connectivity index (χ4n) is 2.31. The van der Waals surface area contributed by atoms with Crippen molar-refractivity contribution in [3.05, 3.63) is 35.4 Å². The van der Waals surface area contributed by atoms with Crippen LogP contribution in [0.5, 0.6) is 0 Å². The Morgan fingerprint density at radius 3 is 2.90 bits per heavy atom. The Balaban J connectivity index is 0.00000200. The lowest BCUT2D eigenvalue weighted by Gasteiger charge is -2.31. The van der Waals surface area contributed by atoms with Crippen molar-refractivity contribution < 1.29 is 4.74 Å². The van der Waals surface area contributed by atoms with E-state index >= 15 is 0 Å². The van der Waals surface area contributed by atoms with Gasteiger partial charge in [0.1, 0.15) is 0 Å². The van der Waals surface area contributed by atoms with Crippen molar-refractivity contribution in [3.63, 3.8) is 0 Å². The maximum Gasteiger partial charge on any atom is 0.191 e. The minimum atomic E-state index is 0. The largest absolute Gasteiger partial charge is 0.375 e. The molecule has 0 radical (unpaired) electrons. The summed E-state index contributed by atoms with van der Waals surface area (Å²) < 4.78 is 5.50. The van der Waals surface area contributed by atoms with Crippen molar-refractivity contribution in [1.82, 2.24) is 4.90 Å². The third kappa shape index (κ3) is 4.80. The van der Waals surface area contributed by atoms with Gasteiger partial charge in [-0.15, -0.1) is 17.0 Å². The second kappa shape index (κ2) is 8.27. The minimum Gasteiger partial charge on any atom is -0.375 e. The van der Waals surface area contributed by atoms with Gasteiger partial charge in [-0.2, -0.15) is 0 Å². The van der Waals surface area contributed by atoms with E-state index in [0.717, 1.165) is 32.7 Å². The Hall–Kier alpha value is -1.07. The van der Waals surface area contributed by atoms with Crippen LogP contribution in [0.2, 0.25) is 0 Å². The molecule has 0 saturated carbocycles. The smallest absolute Gasteiger partial charge is 0.191 e. The number of rotatable bonds is 3. The predicted octanol–water partition coefficient (Wildman–Crippen LogP) is 2.15. The monoisotopic (exact) mass is 341 g/mol. The summed E-state index contributed by atoms with van der Waals surface area (Å²) in [4.78, 5) is 6.59. The lowest BCUT2D eigenvalue weighted by molar-refractivity contribution is 0.00530. The van der Waals surface area contributed by atoms with Gasteiger partial charge in [0.15, 0.2) is 5.96 Å². The summed E-state index contributed by atoms with van der Waals surface area (Å²) in [5, 5.41) is 0. The van der Waals surface area contributed by atoms with Crippen LogP contribution < -0.4 is 5.73 Å². The summed E-state index contributed by atoms with van der Waals surface area (Å²) in [5.74, 6) is 0.642. The van der Waals surface area contributed by atoms with Crippen molar-refractivity contribution in [2.45, 2.75) is 26.4 Å². The molecule has 0 aliphatic carbocycles. The molecule has 1 aliphatic rings. The van der Waals surface area contributed by atoms with Crippen LogP contribution in [0, 0.1) is 6.92 Å². The molecular weight excluding hydrogens is 318 g/mol. The number of halogens is 1. The zero-order valence-electron chi connectivity index (χ0n) is 12.2.